The van der Waals surface area contributed by atoms with E-state index in [9.17, 15) is 8.42 Å². The van der Waals surface area contributed by atoms with E-state index in [2.05, 4.69) is 10.4 Å². The molecule has 1 aromatic heterocycles. The van der Waals surface area contributed by atoms with Crippen molar-refractivity contribution in [2.24, 2.45) is 0 Å². The van der Waals surface area contributed by atoms with Crippen LogP contribution in [0.15, 0.2) is 6.20 Å². The van der Waals surface area contributed by atoms with Gasteiger partial charge in [-0.15, -0.1) is 0 Å². The first-order valence-corrected chi connectivity index (χ1v) is 7.59. The predicted molar refractivity (Wildman–Crippen MR) is 66.6 cm³/mol. The van der Waals surface area contributed by atoms with Crippen LogP contribution in [0.25, 0.3) is 0 Å². The van der Waals surface area contributed by atoms with Gasteiger partial charge in [0.25, 0.3) is 0 Å². The van der Waals surface area contributed by atoms with E-state index in [0.717, 1.165) is 17.8 Å². The molecule has 0 bridgehead atoms. The Kier molecular flexibility index (Phi) is 3.03. The van der Waals surface area contributed by atoms with Crippen molar-refractivity contribution in [1.29, 1.82) is 0 Å². The van der Waals surface area contributed by atoms with Crippen molar-refractivity contribution in [1.82, 2.24) is 15.1 Å². The summed E-state index contributed by atoms with van der Waals surface area (Å²) in [4.78, 5) is 0. The Bertz CT molecular complexity index is 521. The molecule has 1 aliphatic rings. The molecule has 0 aromatic carbocycles. The highest BCUT2D eigenvalue weighted by Gasteiger charge is 2.41. The van der Waals surface area contributed by atoms with Gasteiger partial charge in [-0.3, -0.25) is 4.68 Å². The van der Waals surface area contributed by atoms with Crippen molar-refractivity contribution in [3.63, 3.8) is 0 Å². The van der Waals surface area contributed by atoms with Crippen molar-refractivity contribution >= 4 is 9.84 Å². The number of hydrogen-bond acceptors (Lipinski definition) is 4. The zero-order valence-electron chi connectivity index (χ0n) is 10.5. The Balaban J connectivity index is 2.35. The highest BCUT2D eigenvalue weighted by molar-refractivity contribution is 7.91. The van der Waals surface area contributed by atoms with Gasteiger partial charge in [0.15, 0.2) is 9.84 Å². The van der Waals surface area contributed by atoms with Crippen LogP contribution in [-0.2, 0) is 21.9 Å². The van der Waals surface area contributed by atoms with Crippen molar-refractivity contribution < 1.29 is 8.42 Å². The molecular formula is C11H19N3O2S. The predicted octanol–water partition coefficient (Wildman–Crippen LogP) is 0.445. The van der Waals surface area contributed by atoms with E-state index in [0.29, 0.717) is 6.42 Å². The molecule has 5 nitrogen and oxygen atoms in total. The molecule has 2 heterocycles. The molecule has 6 heteroatoms. The quantitative estimate of drug-likeness (QED) is 0.853. The lowest BCUT2D eigenvalue weighted by Gasteiger charge is -2.24. The minimum atomic E-state index is -2.90. The number of aromatic nitrogens is 2. The van der Waals surface area contributed by atoms with Gasteiger partial charge in [0.1, 0.15) is 0 Å². The van der Waals surface area contributed by atoms with E-state index in [1.165, 1.54) is 0 Å². The van der Waals surface area contributed by atoms with E-state index in [1.54, 1.807) is 0 Å². The summed E-state index contributed by atoms with van der Waals surface area (Å²) in [6.07, 6.45) is 2.47. The van der Waals surface area contributed by atoms with Gasteiger partial charge in [0.2, 0.25) is 0 Å². The van der Waals surface area contributed by atoms with Gasteiger partial charge in [-0.25, -0.2) is 8.42 Å². The fourth-order valence-corrected chi connectivity index (χ4v) is 4.62. The lowest BCUT2D eigenvalue weighted by molar-refractivity contribution is 0.321. The molecule has 1 N–H and O–H groups in total. The maximum absolute atomic E-state index is 11.6. The second-order valence-electron chi connectivity index (χ2n) is 5.04. The van der Waals surface area contributed by atoms with Gasteiger partial charge < -0.3 is 5.32 Å². The number of nitrogens with one attached hydrogen (secondary N) is 1. The summed E-state index contributed by atoms with van der Waals surface area (Å²) in [6, 6.07) is 0. The van der Waals surface area contributed by atoms with Gasteiger partial charge in [-0.1, -0.05) is 0 Å². The number of sulfone groups is 1. The summed E-state index contributed by atoms with van der Waals surface area (Å²) in [5.41, 5.74) is 1.80. The average molecular weight is 257 g/mol. The first kappa shape index (κ1) is 12.6. The van der Waals surface area contributed by atoms with Crippen molar-refractivity contribution in [3.05, 3.63) is 17.5 Å². The summed E-state index contributed by atoms with van der Waals surface area (Å²) in [5.74, 6) is 0.464. The maximum Gasteiger partial charge on any atom is 0.152 e. The van der Waals surface area contributed by atoms with Crippen LogP contribution in [0.3, 0.4) is 0 Å². The van der Waals surface area contributed by atoms with Crippen molar-refractivity contribution in [2.45, 2.75) is 32.4 Å². The Morgan fingerprint density at radius 2 is 2.29 bits per heavy atom. The first-order valence-electron chi connectivity index (χ1n) is 5.77. The van der Waals surface area contributed by atoms with E-state index in [1.807, 2.05) is 31.8 Å². The zero-order valence-corrected chi connectivity index (χ0v) is 11.3. The smallest absolute Gasteiger partial charge is 0.152 e. The fraction of sp³-hybridized carbons (Fsp3) is 0.727. The monoisotopic (exact) mass is 257 g/mol. The van der Waals surface area contributed by atoms with E-state index in [4.69, 9.17) is 0 Å². The summed E-state index contributed by atoms with van der Waals surface area (Å²) in [7, 11) is -1.01. The van der Waals surface area contributed by atoms with Crippen LogP contribution in [0.1, 0.15) is 24.6 Å². The highest BCUT2D eigenvalue weighted by atomic mass is 32.2. The van der Waals surface area contributed by atoms with Crippen LogP contribution in [0, 0.1) is 6.92 Å². The fourth-order valence-electron chi connectivity index (χ4n) is 2.51. The average Bonchev–Trinajstić information content (AvgIpc) is 2.71. The standard InChI is InChI=1S/C11H19N3O2S/c1-9-10(6-12-3)7-13-14(9)11(2)4-5-17(15,16)8-11/h7,12H,4-6,8H2,1-3H3. The number of rotatable bonds is 3. The molecule has 17 heavy (non-hydrogen) atoms. The third-order valence-electron chi connectivity index (χ3n) is 3.47. The van der Waals surface area contributed by atoms with Gasteiger partial charge in [0.05, 0.1) is 23.2 Å². The molecule has 1 atom stereocenters. The Morgan fingerprint density at radius 3 is 2.82 bits per heavy atom. The largest absolute Gasteiger partial charge is 0.316 e. The number of hydrogen-bond donors (Lipinski definition) is 1. The molecule has 1 aliphatic heterocycles. The highest BCUT2D eigenvalue weighted by Crippen LogP contribution is 2.31. The third kappa shape index (κ3) is 2.24. The zero-order chi connectivity index (χ0) is 12.7. The van der Waals surface area contributed by atoms with E-state index in [-0.39, 0.29) is 17.0 Å². The van der Waals surface area contributed by atoms with Crippen molar-refractivity contribution in [3.8, 4) is 0 Å². The molecule has 1 unspecified atom stereocenters. The topological polar surface area (TPSA) is 64.0 Å². The lowest BCUT2D eigenvalue weighted by atomic mass is 10.0. The Morgan fingerprint density at radius 1 is 1.59 bits per heavy atom. The van der Waals surface area contributed by atoms with E-state index < -0.39 is 9.84 Å². The van der Waals surface area contributed by atoms with Crippen molar-refractivity contribution in [2.75, 3.05) is 18.6 Å². The SMILES string of the molecule is CNCc1cnn(C2(C)CCS(=O)(=O)C2)c1C. The van der Waals surface area contributed by atoms with Crippen LogP contribution in [-0.4, -0.2) is 36.8 Å². The lowest BCUT2D eigenvalue weighted by Crippen LogP contribution is -2.33. The van der Waals surface area contributed by atoms with Crippen LogP contribution >= 0.6 is 0 Å². The summed E-state index contributed by atoms with van der Waals surface area (Å²) < 4.78 is 25.1. The van der Waals surface area contributed by atoms with Crippen LogP contribution in [0.5, 0.6) is 0 Å². The molecule has 2 rings (SSSR count). The maximum atomic E-state index is 11.6. The van der Waals surface area contributed by atoms with Crippen LogP contribution in [0.2, 0.25) is 0 Å². The Hall–Kier alpha value is -0.880. The number of nitrogens with zero attached hydrogens (tertiary/aromatic N) is 2. The van der Waals surface area contributed by atoms with Gasteiger partial charge in [-0.2, -0.15) is 5.10 Å². The minimum Gasteiger partial charge on any atom is -0.316 e. The molecule has 1 fully saturated rings. The molecule has 0 amide bonds. The summed E-state index contributed by atoms with van der Waals surface area (Å²) in [5, 5.41) is 7.45. The summed E-state index contributed by atoms with van der Waals surface area (Å²) >= 11 is 0. The van der Waals surface area contributed by atoms with Gasteiger partial charge >= 0.3 is 0 Å². The van der Waals surface area contributed by atoms with Crippen LogP contribution in [0.4, 0.5) is 0 Å². The van der Waals surface area contributed by atoms with Crippen LogP contribution < -0.4 is 5.32 Å². The normalized spacial score (nSPS) is 27.5. The second-order valence-corrected chi connectivity index (χ2v) is 7.22. The molecule has 1 saturated heterocycles. The van der Waals surface area contributed by atoms with Gasteiger partial charge in [0, 0.05) is 17.8 Å². The molecule has 0 aliphatic carbocycles. The molecular weight excluding hydrogens is 238 g/mol. The first-order chi connectivity index (χ1) is 7.88. The minimum absolute atomic E-state index is 0.196. The van der Waals surface area contributed by atoms with Gasteiger partial charge in [-0.05, 0) is 27.3 Å². The molecule has 0 spiro atoms. The molecule has 0 saturated carbocycles. The van der Waals surface area contributed by atoms with E-state index >= 15 is 0 Å². The Labute approximate surface area is 102 Å². The molecule has 0 radical (unpaired) electrons. The summed E-state index contributed by atoms with van der Waals surface area (Å²) in [6.45, 7) is 4.73. The molecule has 1 aromatic rings. The second kappa shape index (κ2) is 4.10. The third-order valence-corrected chi connectivity index (χ3v) is 5.36. The molecule has 96 valence electrons.